The van der Waals surface area contributed by atoms with E-state index in [9.17, 15) is 16.8 Å². The van der Waals surface area contributed by atoms with Gasteiger partial charge in [-0.2, -0.15) is 0 Å². The highest BCUT2D eigenvalue weighted by molar-refractivity contribution is 7.91. The van der Waals surface area contributed by atoms with E-state index in [1.807, 2.05) is 36.8 Å². The Morgan fingerprint density at radius 2 is 0.857 bits per heavy atom. The molecule has 0 spiro atoms. The van der Waals surface area contributed by atoms with Crippen molar-refractivity contribution in [3.8, 4) is 0 Å². The Bertz CT molecular complexity index is 2320. The lowest BCUT2D eigenvalue weighted by Crippen LogP contribution is -2.42. The highest BCUT2D eigenvalue weighted by Gasteiger charge is 2.43. The van der Waals surface area contributed by atoms with Crippen molar-refractivity contribution in [2.75, 3.05) is 41.7 Å². The summed E-state index contributed by atoms with van der Waals surface area (Å²) in [5, 5.41) is 16.3. The molecular weight excluding hydrogens is 941 g/mol. The van der Waals surface area contributed by atoms with Crippen LogP contribution in [0.25, 0.3) is 0 Å². The van der Waals surface area contributed by atoms with Gasteiger partial charge >= 0.3 is 0 Å². The van der Waals surface area contributed by atoms with Crippen LogP contribution < -0.4 is 0 Å². The third-order valence-electron chi connectivity index (χ3n) is 14.9. The standard InChI is InChI=1S/2C24H37N5O5S/c2*1-15-12-25-23(26-13-15)16(2)17(3)35(30,31)14-21-27-28-24(20-10-7-11-34-20)29(21)22-18(32-4)8-6-9-19(22)33-5/h2*12-13,16-20,22H,6-11,14H2,1-5H3/t2*16-,17-,18-,19+,20?,22?/m00/s1. The molecule has 8 rings (SSSR count). The van der Waals surface area contributed by atoms with E-state index in [2.05, 4.69) is 40.3 Å². The van der Waals surface area contributed by atoms with Gasteiger partial charge in [0, 0.05) is 78.3 Å². The maximum Gasteiger partial charge on any atom is 0.162 e. The van der Waals surface area contributed by atoms with E-state index in [4.69, 9.17) is 28.4 Å². The van der Waals surface area contributed by atoms with E-state index in [1.54, 1.807) is 67.1 Å². The summed E-state index contributed by atoms with van der Waals surface area (Å²) in [5.74, 6) is 1.91. The average Bonchev–Trinajstić information content (AvgIpc) is 4.22. The summed E-state index contributed by atoms with van der Waals surface area (Å²) in [6, 6.07) is -0.461. The van der Waals surface area contributed by atoms with Gasteiger partial charge in [0.1, 0.15) is 47.0 Å². The lowest BCUT2D eigenvalue weighted by Gasteiger charge is -2.38. The van der Waals surface area contributed by atoms with Crippen molar-refractivity contribution in [1.29, 1.82) is 0 Å². The van der Waals surface area contributed by atoms with Crippen LogP contribution in [0.2, 0.25) is 0 Å². The van der Waals surface area contributed by atoms with Crippen molar-refractivity contribution in [2.45, 2.75) is 188 Å². The summed E-state index contributed by atoms with van der Waals surface area (Å²) in [7, 11) is -0.481. The van der Waals surface area contributed by atoms with Gasteiger partial charge in [0.2, 0.25) is 0 Å². The zero-order valence-electron chi connectivity index (χ0n) is 42.5. The molecule has 0 N–H and O–H groups in total. The first-order valence-corrected chi connectivity index (χ1v) is 28.2. The molecule has 4 fully saturated rings. The smallest absolute Gasteiger partial charge is 0.162 e. The minimum absolute atomic E-state index is 0.136. The predicted molar refractivity (Wildman–Crippen MR) is 259 cm³/mol. The van der Waals surface area contributed by atoms with Crippen molar-refractivity contribution in [3.63, 3.8) is 0 Å². The second-order valence-electron chi connectivity index (χ2n) is 19.5. The van der Waals surface area contributed by atoms with Crippen molar-refractivity contribution in [3.05, 3.63) is 70.9 Å². The van der Waals surface area contributed by atoms with Crippen molar-refractivity contribution in [1.82, 2.24) is 49.5 Å². The first kappa shape index (κ1) is 53.9. The van der Waals surface area contributed by atoms with E-state index in [-0.39, 0.29) is 72.0 Å². The van der Waals surface area contributed by atoms with Crippen LogP contribution in [0.3, 0.4) is 0 Å². The van der Waals surface area contributed by atoms with Gasteiger partial charge < -0.3 is 37.6 Å². The number of hydrogen-bond donors (Lipinski definition) is 0. The molecule has 12 atom stereocenters. The quantitative estimate of drug-likeness (QED) is 0.108. The number of methoxy groups -OCH3 is 4. The summed E-state index contributed by atoms with van der Waals surface area (Å²) < 4.78 is 93.7. The first-order valence-electron chi connectivity index (χ1n) is 24.7. The normalized spacial score (nSPS) is 27.1. The fourth-order valence-electron chi connectivity index (χ4n) is 10.4. The number of aryl methyl sites for hydroxylation is 2. The first-order chi connectivity index (χ1) is 33.5. The molecular formula is C48H74N10O10S2. The largest absolute Gasteiger partial charge is 0.379 e. The summed E-state index contributed by atoms with van der Waals surface area (Å²) in [6.45, 7) is 12.2. The molecule has 2 saturated carbocycles. The number of nitrogens with zero attached hydrogens (tertiary/aromatic N) is 10. The van der Waals surface area contributed by atoms with Gasteiger partial charge in [-0.05, 0) is 103 Å². The summed E-state index contributed by atoms with van der Waals surface area (Å²) in [4.78, 5) is 17.4. The molecule has 0 aromatic carbocycles. The molecule has 2 saturated heterocycles. The van der Waals surface area contributed by atoms with Crippen LogP contribution in [0.5, 0.6) is 0 Å². The van der Waals surface area contributed by atoms with Crippen molar-refractivity contribution in [2.24, 2.45) is 0 Å². The predicted octanol–water partition coefficient (Wildman–Crippen LogP) is 6.18. The zero-order chi connectivity index (χ0) is 50.3. The van der Waals surface area contributed by atoms with Gasteiger partial charge in [-0.15, -0.1) is 20.4 Å². The maximum atomic E-state index is 13.6. The maximum absolute atomic E-state index is 13.6. The lowest BCUT2D eigenvalue weighted by atomic mass is 9.89. The van der Waals surface area contributed by atoms with Crippen LogP contribution in [0, 0.1) is 13.8 Å². The SMILES string of the molecule is CO[C@H]1CCC[C@@H](OC)C1n1c(CS(=O)(=O)[C@@H](C)[C@H](C)c2ncc(C)cn2)nnc1C1CCCO1.CO[C@H]1CCC[C@@H](OC)C1n1c(CS(=O)(=O)[C@@H](C)[C@H](C)c2ncc(C)cn2)nnc1C1CCCO1. The Kier molecular flexibility index (Phi) is 18.3. The number of rotatable bonds is 18. The Labute approximate surface area is 413 Å². The molecule has 0 radical (unpaired) electrons. The molecule has 4 aromatic heterocycles. The molecule has 20 nitrogen and oxygen atoms in total. The van der Waals surface area contributed by atoms with E-state index in [0.29, 0.717) is 48.2 Å². The van der Waals surface area contributed by atoms with Crippen molar-refractivity contribution < 1.29 is 45.3 Å². The minimum Gasteiger partial charge on any atom is -0.379 e. The Morgan fingerprint density at radius 1 is 0.529 bits per heavy atom. The number of sulfone groups is 2. The topological polar surface area (TPSA) is 237 Å². The third kappa shape index (κ3) is 12.0. The molecule has 0 amide bonds. The number of hydrogen-bond acceptors (Lipinski definition) is 18. The lowest BCUT2D eigenvalue weighted by molar-refractivity contribution is -0.0596. The molecule has 6 heterocycles. The molecule has 2 aliphatic carbocycles. The van der Waals surface area contributed by atoms with Gasteiger partial charge in [0.25, 0.3) is 0 Å². The highest BCUT2D eigenvalue weighted by atomic mass is 32.2. The van der Waals surface area contributed by atoms with E-state index in [1.165, 1.54) is 0 Å². The molecule has 4 unspecified atom stereocenters. The van der Waals surface area contributed by atoms with Gasteiger partial charge in [0.05, 0.1) is 47.0 Å². The monoisotopic (exact) mass is 1010 g/mol. The van der Waals surface area contributed by atoms with E-state index in [0.717, 1.165) is 75.3 Å². The Balaban J connectivity index is 0.000000206. The van der Waals surface area contributed by atoms with Gasteiger partial charge in [-0.1, -0.05) is 13.8 Å². The number of ether oxygens (including phenoxy) is 6. The minimum atomic E-state index is -3.62. The third-order valence-corrected chi connectivity index (χ3v) is 19.3. The van der Waals surface area contributed by atoms with Crippen molar-refractivity contribution >= 4 is 19.7 Å². The Morgan fingerprint density at radius 3 is 1.14 bits per heavy atom. The number of aromatic nitrogens is 10. The average molecular weight is 1020 g/mol. The second-order valence-corrected chi connectivity index (χ2v) is 24.2. The van der Waals surface area contributed by atoms with Gasteiger partial charge in [-0.3, -0.25) is 0 Å². The summed E-state index contributed by atoms with van der Waals surface area (Å²) in [6.07, 6.45) is 14.8. The molecule has 388 valence electrons. The summed E-state index contributed by atoms with van der Waals surface area (Å²) in [5.41, 5.74) is 1.86. The van der Waals surface area contributed by atoms with Crippen LogP contribution in [0.4, 0.5) is 0 Å². The Hall–Kier alpha value is -3.90. The fourth-order valence-corrected chi connectivity index (χ4v) is 13.5. The zero-order valence-corrected chi connectivity index (χ0v) is 44.1. The highest BCUT2D eigenvalue weighted by Crippen LogP contribution is 2.40. The van der Waals surface area contributed by atoms with Crippen LogP contribution in [-0.4, -0.2) is 143 Å². The molecule has 70 heavy (non-hydrogen) atoms. The van der Waals surface area contributed by atoms with Crippen LogP contribution in [0.15, 0.2) is 24.8 Å². The summed E-state index contributed by atoms with van der Waals surface area (Å²) >= 11 is 0. The van der Waals surface area contributed by atoms with Crippen LogP contribution in [0.1, 0.15) is 174 Å². The van der Waals surface area contributed by atoms with E-state index >= 15 is 0 Å². The van der Waals surface area contributed by atoms with E-state index < -0.39 is 30.2 Å². The molecule has 4 aromatic rings. The van der Waals surface area contributed by atoms with Gasteiger partial charge in [-0.25, -0.2) is 36.8 Å². The molecule has 2 aliphatic heterocycles. The van der Waals surface area contributed by atoms with Crippen LogP contribution in [-0.2, 0) is 59.6 Å². The molecule has 0 bridgehead atoms. The fraction of sp³-hybridized carbons (Fsp3) is 0.750. The molecule has 4 aliphatic rings. The van der Waals surface area contributed by atoms with Gasteiger partial charge in [0.15, 0.2) is 31.3 Å². The van der Waals surface area contributed by atoms with Crippen LogP contribution >= 0.6 is 0 Å². The second kappa shape index (κ2) is 23.8. The molecule has 22 heteroatoms.